The molecule has 1 aromatic heterocycles. The lowest BCUT2D eigenvalue weighted by atomic mass is 9.77. The molecule has 1 N–H and O–H groups in total. The molecule has 1 aromatic carbocycles. The Kier molecular flexibility index (Phi) is 7.19. The fourth-order valence-corrected chi connectivity index (χ4v) is 5.75. The Morgan fingerprint density at radius 3 is 2.29 bits per heavy atom. The number of halogens is 2. The lowest BCUT2D eigenvalue weighted by Gasteiger charge is -2.55. The predicted octanol–water partition coefficient (Wildman–Crippen LogP) is 4.85. The van der Waals surface area contributed by atoms with Gasteiger partial charge in [0, 0.05) is 56.0 Å². The van der Waals surface area contributed by atoms with E-state index in [1.165, 1.54) is 6.20 Å². The Bertz CT molecular complexity index is 1030. The van der Waals surface area contributed by atoms with Crippen LogP contribution in [0.15, 0.2) is 24.4 Å². The van der Waals surface area contributed by atoms with Gasteiger partial charge in [-0.1, -0.05) is 11.6 Å². The zero-order valence-corrected chi connectivity index (χ0v) is 22.8. The molecule has 2 aliphatic rings. The SMILES string of the molecule is CN1CCN(c2ccc(Nc3ncc(F)c(N(C)C4CC(C)(C)N(C)C(C)(C)C4)n3)cc2Cl)CC1. The number of rotatable bonds is 5. The van der Waals surface area contributed by atoms with Crippen molar-refractivity contribution in [3.8, 4) is 0 Å². The fraction of sp³-hybridized carbons (Fsp3) is 0.615. The molecular weight excluding hydrogens is 465 g/mol. The number of piperidine rings is 1. The van der Waals surface area contributed by atoms with Crippen molar-refractivity contribution in [2.45, 2.75) is 57.7 Å². The molecule has 2 fully saturated rings. The average Bonchev–Trinajstić information content (AvgIpc) is 2.79. The maximum absolute atomic E-state index is 14.9. The van der Waals surface area contributed by atoms with E-state index < -0.39 is 5.82 Å². The third kappa shape index (κ3) is 5.49. The molecule has 192 valence electrons. The second-order valence-corrected chi connectivity index (χ2v) is 11.7. The third-order valence-electron chi connectivity index (χ3n) is 7.94. The minimum absolute atomic E-state index is 0.00642. The number of hydrogen-bond acceptors (Lipinski definition) is 7. The minimum atomic E-state index is -0.420. The lowest BCUT2D eigenvalue weighted by molar-refractivity contribution is -0.0121. The number of aromatic nitrogens is 2. The maximum Gasteiger partial charge on any atom is 0.229 e. The van der Waals surface area contributed by atoms with Gasteiger partial charge in [-0.2, -0.15) is 4.98 Å². The molecule has 0 aliphatic carbocycles. The van der Waals surface area contributed by atoms with E-state index in [4.69, 9.17) is 11.6 Å². The van der Waals surface area contributed by atoms with Crippen LogP contribution in [0.25, 0.3) is 0 Å². The van der Waals surface area contributed by atoms with Crippen LogP contribution in [0.1, 0.15) is 40.5 Å². The van der Waals surface area contributed by atoms with E-state index in [2.05, 4.69) is 71.8 Å². The highest BCUT2D eigenvalue weighted by atomic mass is 35.5. The molecule has 0 unspecified atom stereocenters. The Morgan fingerprint density at radius 1 is 1.06 bits per heavy atom. The molecule has 0 amide bonds. The molecule has 0 radical (unpaired) electrons. The second kappa shape index (κ2) is 9.71. The van der Waals surface area contributed by atoms with Crippen LogP contribution in [-0.2, 0) is 0 Å². The molecule has 9 heteroatoms. The molecule has 0 bridgehead atoms. The topological polar surface area (TPSA) is 50.8 Å². The van der Waals surface area contributed by atoms with Gasteiger partial charge in [-0.05, 0) is 72.8 Å². The molecule has 3 heterocycles. The van der Waals surface area contributed by atoms with Gasteiger partial charge in [0.1, 0.15) is 0 Å². The molecule has 2 saturated heterocycles. The van der Waals surface area contributed by atoms with E-state index in [1.54, 1.807) is 0 Å². The summed E-state index contributed by atoms with van der Waals surface area (Å²) in [6, 6.07) is 6.03. The van der Waals surface area contributed by atoms with Crippen molar-refractivity contribution in [1.82, 2.24) is 19.8 Å². The van der Waals surface area contributed by atoms with Gasteiger partial charge in [0.2, 0.25) is 5.95 Å². The number of nitrogens with zero attached hydrogens (tertiary/aromatic N) is 6. The van der Waals surface area contributed by atoms with Crippen LogP contribution in [-0.4, -0.2) is 84.2 Å². The zero-order valence-electron chi connectivity index (χ0n) is 22.1. The summed E-state index contributed by atoms with van der Waals surface area (Å²) in [6.45, 7) is 12.9. The molecule has 0 saturated carbocycles. The standard InChI is InChI=1S/C26H39ClFN7/c1-25(2)15-19(16-26(3,4)34(25)7)33(6)23-21(28)17-29-24(31-23)30-18-8-9-22(20(27)14-18)35-12-10-32(5)11-13-35/h8-9,14,17,19H,10-13,15-16H2,1-7H3,(H,29,30,31). The number of anilines is 4. The maximum atomic E-state index is 14.9. The van der Waals surface area contributed by atoms with Crippen molar-refractivity contribution < 1.29 is 4.39 Å². The summed E-state index contributed by atoms with van der Waals surface area (Å²) in [5, 5.41) is 3.89. The van der Waals surface area contributed by atoms with Crippen LogP contribution in [0.4, 0.5) is 27.5 Å². The van der Waals surface area contributed by atoms with Crippen LogP contribution >= 0.6 is 11.6 Å². The van der Waals surface area contributed by atoms with Crippen molar-refractivity contribution in [3.05, 3.63) is 35.2 Å². The van der Waals surface area contributed by atoms with E-state index in [0.717, 1.165) is 50.4 Å². The lowest BCUT2D eigenvalue weighted by Crippen LogP contribution is -2.62. The summed E-state index contributed by atoms with van der Waals surface area (Å²) in [4.78, 5) is 17.8. The summed E-state index contributed by atoms with van der Waals surface area (Å²) in [5.74, 6) is 0.239. The van der Waals surface area contributed by atoms with Gasteiger partial charge in [0.05, 0.1) is 16.9 Å². The highest BCUT2D eigenvalue weighted by Crippen LogP contribution is 2.40. The summed E-state index contributed by atoms with van der Waals surface area (Å²) in [5.41, 5.74) is 1.79. The van der Waals surface area contributed by atoms with Gasteiger partial charge < -0.3 is 20.0 Å². The van der Waals surface area contributed by atoms with Crippen LogP contribution in [0.2, 0.25) is 5.02 Å². The second-order valence-electron chi connectivity index (χ2n) is 11.3. The van der Waals surface area contributed by atoms with E-state index in [1.807, 2.05) is 30.1 Å². The predicted molar refractivity (Wildman–Crippen MR) is 144 cm³/mol. The van der Waals surface area contributed by atoms with Gasteiger partial charge >= 0.3 is 0 Å². The van der Waals surface area contributed by atoms with Crippen molar-refractivity contribution in [2.24, 2.45) is 0 Å². The first-order chi connectivity index (χ1) is 16.4. The number of benzene rings is 1. The van der Waals surface area contributed by atoms with Crippen molar-refractivity contribution in [2.75, 3.05) is 62.4 Å². The first kappa shape index (κ1) is 25.9. The number of likely N-dealkylation sites (N-methyl/N-ethyl adjacent to an activating group) is 1. The van der Waals surface area contributed by atoms with Crippen LogP contribution in [0, 0.1) is 5.82 Å². The van der Waals surface area contributed by atoms with Crippen molar-refractivity contribution >= 4 is 34.7 Å². The highest BCUT2D eigenvalue weighted by Gasteiger charge is 2.44. The van der Waals surface area contributed by atoms with Crippen LogP contribution in [0.5, 0.6) is 0 Å². The summed E-state index contributed by atoms with van der Waals surface area (Å²) in [7, 11) is 6.23. The largest absolute Gasteiger partial charge is 0.368 e. The van der Waals surface area contributed by atoms with Gasteiger partial charge in [-0.25, -0.2) is 9.37 Å². The van der Waals surface area contributed by atoms with Crippen molar-refractivity contribution in [3.63, 3.8) is 0 Å². The summed E-state index contributed by atoms with van der Waals surface area (Å²) in [6.07, 6.45) is 3.07. The quantitative estimate of drug-likeness (QED) is 0.625. The molecule has 2 aliphatic heterocycles. The molecule has 35 heavy (non-hydrogen) atoms. The van der Waals surface area contributed by atoms with E-state index in [-0.39, 0.29) is 17.1 Å². The van der Waals surface area contributed by atoms with Gasteiger partial charge in [0.25, 0.3) is 0 Å². The summed E-state index contributed by atoms with van der Waals surface area (Å²) >= 11 is 6.63. The Hall–Kier alpha value is -2.16. The molecule has 7 nitrogen and oxygen atoms in total. The number of nitrogens with one attached hydrogen (secondary N) is 1. The summed E-state index contributed by atoms with van der Waals surface area (Å²) < 4.78 is 14.9. The van der Waals surface area contributed by atoms with Gasteiger partial charge in [-0.15, -0.1) is 0 Å². The molecule has 0 spiro atoms. The Labute approximate surface area is 214 Å². The van der Waals surface area contributed by atoms with Crippen LogP contribution < -0.4 is 15.1 Å². The molecule has 0 atom stereocenters. The van der Waals surface area contributed by atoms with Gasteiger partial charge in [0.15, 0.2) is 11.6 Å². The normalized spacial score (nSPS) is 21.2. The van der Waals surface area contributed by atoms with E-state index in [9.17, 15) is 4.39 Å². The smallest absolute Gasteiger partial charge is 0.229 e. The Morgan fingerprint density at radius 2 is 1.69 bits per heavy atom. The molecule has 4 rings (SSSR count). The number of piperazine rings is 1. The zero-order chi connectivity index (χ0) is 25.5. The third-order valence-corrected chi connectivity index (χ3v) is 8.24. The highest BCUT2D eigenvalue weighted by molar-refractivity contribution is 6.33. The van der Waals surface area contributed by atoms with Crippen LogP contribution in [0.3, 0.4) is 0 Å². The van der Waals surface area contributed by atoms with E-state index in [0.29, 0.717) is 16.8 Å². The van der Waals surface area contributed by atoms with Gasteiger partial charge in [-0.3, -0.25) is 4.90 Å². The van der Waals surface area contributed by atoms with Crippen molar-refractivity contribution in [1.29, 1.82) is 0 Å². The number of hydrogen-bond donors (Lipinski definition) is 1. The average molecular weight is 504 g/mol. The Balaban J connectivity index is 1.51. The minimum Gasteiger partial charge on any atom is -0.368 e. The number of likely N-dealkylation sites (tertiary alicyclic amines) is 1. The fourth-order valence-electron chi connectivity index (χ4n) is 5.45. The first-order valence-corrected chi connectivity index (χ1v) is 12.7. The van der Waals surface area contributed by atoms with E-state index >= 15 is 0 Å². The first-order valence-electron chi connectivity index (χ1n) is 12.4. The molecule has 2 aromatic rings. The monoisotopic (exact) mass is 503 g/mol. The molecular formula is C26H39ClFN7.